The van der Waals surface area contributed by atoms with Crippen molar-refractivity contribution in [1.82, 2.24) is 0 Å². The van der Waals surface area contributed by atoms with Crippen molar-refractivity contribution in [2.75, 3.05) is 19.7 Å². The highest BCUT2D eigenvalue weighted by Crippen LogP contribution is 2.25. The second-order valence-electron chi connectivity index (χ2n) is 2.59. The van der Waals surface area contributed by atoms with Gasteiger partial charge in [0.25, 0.3) is 0 Å². The van der Waals surface area contributed by atoms with Crippen LogP contribution < -0.4 is 4.74 Å². The van der Waals surface area contributed by atoms with Gasteiger partial charge in [0.05, 0.1) is 11.8 Å². The van der Waals surface area contributed by atoms with Crippen molar-refractivity contribution in [2.24, 2.45) is 0 Å². The second-order valence-corrected chi connectivity index (χ2v) is 3.64. The van der Waals surface area contributed by atoms with Crippen LogP contribution in [0.3, 0.4) is 0 Å². The summed E-state index contributed by atoms with van der Waals surface area (Å²) in [6.45, 7) is 0.00326. The van der Waals surface area contributed by atoms with Gasteiger partial charge in [-0.25, -0.2) is 4.39 Å². The normalized spacial score (nSPS) is 9.67. The van der Waals surface area contributed by atoms with Gasteiger partial charge in [-0.15, -0.1) is 11.8 Å². The van der Waals surface area contributed by atoms with Crippen LogP contribution in [-0.2, 0) is 4.74 Å². The highest BCUT2D eigenvalue weighted by Gasteiger charge is 2.04. The molecule has 1 aromatic carbocycles. The summed E-state index contributed by atoms with van der Waals surface area (Å²) in [5.41, 5.74) is 0. The lowest BCUT2D eigenvalue weighted by Gasteiger charge is -2.07. The highest BCUT2D eigenvalue weighted by molar-refractivity contribution is 7.99. The van der Waals surface area contributed by atoms with Crippen LogP contribution in [0, 0.1) is 17.1 Å². The van der Waals surface area contributed by atoms with Crippen molar-refractivity contribution >= 4 is 11.8 Å². The Labute approximate surface area is 91.8 Å². The number of rotatable bonds is 5. The Morgan fingerprint density at radius 1 is 1.53 bits per heavy atom. The third-order valence-electron chi connectivity index (χ3n) is 1.54. The van der Waals surface area contributed by atoms with Crippen LogP contribution in [0.15, 0.2) is 23.1 Å². The van der Waals surface area contributed by atoms with Crippen molar-refractivity contribution in [3.8, 4) is 11.8 Å². The number of methoxy groups -OCH3 is 1. The number of ether oxygens (including phenoxy) is 2. The van der Waals surface area contributed by atoms with Crippen LogP contribution in [0.1, 0.15) is 0 Å². The van der Waals surface area contributed by atoms with E-state index in [4.69, 9.17) is 10.00 Å². The van der Waals surface area contributed by atoms with Crippen LogP contribution in [0.4, 0.5) is 4.39 Å². The summed E-state index contributed by atoms with van der Waals surface area (Å²) < 4.78 is 22.8. The molecule has 1 rings (SSSR count). The molecule has 0 saturated carbocycles. The lowest BCUT2D eigenvalue weighted by molar-refractivity contribution is 0.0481. The Kier molecular flexibility index (Phi) is 4.95. The van der Waals surface area contributed by atoms with Crippen molar-refractivity contribution in [1.29, 1.82) is 5.26 Å². The molecule has 3 nitrogen and oxygen atoms in total. The summed E-state index contributed by atoms with van der Waals surface area (Å²) in [6, 6.07) is 6.47. The Morgan fingerprint density at radius 2 is 2.33 bits per heavy atom. The fraction of sp³-hybridized carbons (Fsp3) is 0.300. The molecule has 0 unspecified atom stereocenters. The number of nitriles is 1. The zero-order valence-electron chi connectivity index (χ0n) is 8.20. The van der Waals surface area contributed by atoms with E-state index in [1.807, 2.05) is 6.07 Å². The van der Waals surface area contributed by atoms with E-state index in [9.17, 15) is 4.39 Å². The molecule has 5 heteroatoms. The second kappa shape index (κ2) is 6.27. The van der Waals surface area contributed by atoms with Crippen LogP contribution in [0.2, 0.25) is 0 Å². The van der Waals surface area contributed by atoms with Gasteiger partial charge in [0.1, 0.15) is 0 Å². The zero-order chi connectivity index (χ0) is 11.1. The standard InChI is InChI=1S/C10H10FNO2S/c1-13-7-14-10-6-8(15-5-4-12)2-3-9(10)11/h2-3,6H,5,7H2,1H3. The fourth-order valence-electron chi connectivity index (χ4n) is 0.922. The molecule has 0 aliphatic rings. The molecular formula is C10H10FNO2S. The number of nitrogens with zero attached hydrogens (tertiary/aromatic N) is 1. The van der Waals surface area contributed by atoms with Gasteiger partial charge in [-0.3, -0.25) is 0 Å². The summed E-state index contributed by atoms with van der Waals surface area (Å²) in [6.07, 6.45) is 0. The molecule has 0 spiro atoms. The van der Waals surface area contributed by atoms with E-state index >= 15 is 0 Å². The van der Waals surface area contributed by atoms with Gasteiger partial charge in [0.15, 0.2) is 18.4 Å². The third-order valence-corrected chi connectivity index (χ3v) is 2.40. The average molecular weight is 227 g/mol. The van der Waals surface area contributed by atoms with E-state index in [1.165, 1.54) is 24.9 Å². The first-order valence-electron chi connectivity index (χ1n) is 4.19. The Bertz CT molecular complexity index is 365. The number of benzene rings is 1. The monoisotopic (exact) mass is 227 g/mol. The minimum atomic E-state index is -0.437. The topological polar surface area (TPSA) is 42.2 Å². The van der Waals surface area contributed by atoms with Crippen molar-refractivity contribution in [2.45, 2.75) is 4.90 Å². The molecule has 0 atom stereocenters. The lowest BCUT2D eigenvalue weighted by Crippen LogP contribution is -2.00. The summed E-state index contributed by atoms with van der Waals surface area (Å²) >= 11 is 1.33. The summed E-state index contributed by atoms with van der Waals surface area (Å²) in [5.74, 6) is 0.0307. The number of thioether (sulfide) groups is 1. The maximum Gasteiger partial charge on any atom is 0.188 e. The first-order valence-corrected chi connectivity index (χ1v) is 5.17. The van der Waals surface area contributed by atoms with E-state index < -0.39 is 5.82 Å². The maximum absolute atomic E-state index is 13.2. The lowest BCUT2D eigenvalue weighted by atomic mass is 10.3. The first kappa shape index (κ1) is 11.8. The predicted octanol–water partition coefficient (Wildman–Crippen LogP) is 2.42. The molecule has 0 aromatic heterocycles. The van der Waals surface area contributed by atoms with Crippen LogP contribution in [0.5, 0.6) is 5.75 Å². The minimum Gasteiger partial charge on any atom is -0.464 e. The largest absolute Gasteiger partial charge is 0.464 e. The average Bonchev–Trinajstić information content (AvgIpc) is 2.26. The van der Waals surface area contributed by atoms with E-state index in [1.54, 1.807) is 12.1 Å². The van der Waals surface area contributed by atoms with Crippen LogP contribution in [0.25, 0.3) is 0 Å². The third kappa shape index (κ3) is 3.78. The molecule has 0 fully saturated rings. The Morgan fingerprint density at radius 3 is 3.00 bits per heavy atom. The van der Waals surface area contributed by atoms with Crippen molar-refractivity contribution in [3.63, 3.8) is 0 Å². The number of hydrogen-bond acceptors (Lipinski definition) is 4. The molecule has 0 heterocycles. The molecule has 1 aromatic rings. The van der Waals surface area contributed by atoms with Crippen LogP contribution in [-0.4, -0.2) is 19.7 Å². The first-order chi connectivity index (χ1) is 7.27. The molecule has 0 bridgehead atoms. The molecule has 0 N–H and O–H groups in total. The fourth-order valence-corrected chi connectivity index (χ4v) is 1.51. The van der Waals surface area contributed by atoms with E-state index in [2.05, 4.69) is 4.74 Å². The predicted molar refractivity (Wildman–Crippen MR) is 55.2 cm³/mol. The Balaban J connectivity index is 2.72. The molecule has 0 aliphatic carbocycles. The van der Waals surface area contributed by atoms with Gasteiger partial charge < -0.3 is 9.47 Å². The molecule has 0 radical (unpaired) electrons. The summed E-state index contributed by atoms with van der Waals surface area (Å²) in [5, 5.41) is 8.40. The molecule has 80 valence electrons. The van der Waals surface area contributed by atoms with Crippen LogP contribution >= 0.6 is 11.8 Å². The van der Waals surface area contributed by atoms with Gasteiger partial charge in [0, 0.05) is 12.0 Å². The molecular weight excluding hydrogens is 217 g/mol. The van der Waals surface area contributed by atoms with Crippen molar-refractivity contribution < 1.29 is 13.9 Å². The molecule has 0 amide bonds. The van der Waals surface area contributed by atoms with Crippen molar-refractivity contribution in [3.05, 3.63) is 24.0 Å². The van der Waals surface area contributed by atoms with E-state index in [-0.39, 0.29) is 12.5 Å². The Hall–Kier alpha value is -1.25. The summed E-state index contributed by atoms with van der Waals surface area (Å²) in [7, 11) is 1.46. The minimum absolute atomic E-state index is 0.00326. The molecule has 15 heavy (non-hydrogen) atoms. The molecule has 0 saturated heterocycles. The van der Waals surface area contributed by atoms with Gasteiger partial charge >= 0.3 is 0 Å². The highest BCUT2D eigenvalue weighted by atomic mass is 32.2. The van der Waals surface area contributed by atoms with Gasteiger partial charge in [-0.1, -0.05) is 0 Å². The number of hydrogen-bond donors (Lipinski definition) is 0. The smallest absolute Gasteiger partial charge is 0.188 e. The molecule has 0 aliphatic heterocycles. The van der Waals surface area contributed by atoms with Gasteiger partial charge in [-0.05, 0) is 18.2 Å². The van der Waals surface area contributed by atoms with E-state index in [0.29, 0.717) is 5.75 Å². The van der Waals surface area contributed by atoms with E-state index in [0.717, 1.165) is 4.90 Å². The van der Waals surface area contributed by atoms with Gasteiger partial charge in [-0.2, -0.15) is 5.26 Å². The summed E-state index contributed by atoms with van der Waals surface area (Å²) in [4.78, 5) is 0.795. The number of halogens is 1. The quantitative estimate of drug-likeness (QED) is 0.572. The maximum atomic E-state index is 13.2. The van der Waals surface area contributed by atoms with Gasteiger partial charge in [0.2, 0.25) is 0 Å². The SMILES string of the molecule is COCOc1cc(SCC#N)ccc1F. The zero-order valence-corrected chi connectivity index (χ0v) is 9.01.